The first-order valence-electron chi connectivity index (χ1n) is 7.53. The van der Waals surface area contributed by atoms with E-state index in [0.717, 1.165) is 19.5 Å². The summed E-state index contributed by atoms with van der Waals surface area (Å²) in [6, 6.07) is 0.0191. The zero-order valence-corrected chi connectivity index (χ0v) is 12.6. The number of aliphatic carboxylic acids is 1. The van der Waals surface area contributed by atoms with Gasteiger partial charge < -0.3 is 15.3 Å². The van der Waals surface area contributed by atoms with Crippen LogP contribution in [0, 0.1) is 0 Å². The highest BCUT2D eigenvalue weighted by Crippen LogP contribution is 2.11. The molecule has 0 bridgehead atoms. The topological polar surface area (TPSA) is 72.9 Å². The molecule has 20 heavy (non-hydrogen) atoms. The van der Waals surface area contributed by atoms with Crippen LogP contribution in [0.1, 0.15) is 39.5 Å². The lowest BCUT2D eigenvalue weighted by Crippen LogP contribution is -2.49. The largest absolute Gasteiger partial charge is 0.480 e. The Bertz CT molecular complexity index is 317. The zero-order valence-electron chi connectivity index (χ0n) is 12.6. The molecule has 0 spiro atoms. The number of nitrogens with one attached hydrogen (secondary N) is 1. The van der Waals surface area contributed by atoms with Crippen LogP contribution in [-0.4, -0.2) is 65.7 Å². The monoisotopic (exact) mass is 285 g/mol. The Labute approximate surface area is 121 Å². The molecule has 1 fully saturated rings. The Balaban J connectivity index is 2.36. The van der Waals surface area contributed by atoms with Crippen molar-refractivity contribution in [2.45, 2.75) is 45.6 Å². The molecular formula is C14H27N3O3. The van der Waals surface area contributed by atoms with E-state index in [4.69, 9.17) is 5.11 Å². The number of carboxylic acids is 1. The second kappa shape index (κ2) is 8.79. The fourth-order valence-electron chi connectivity index (χ4n) is 2.52. The smallest absolute Gasteiger partial charge is 0.323 e. The molecule has 0 aromatic heterocycles. The first-order chi connectivity index (χ1) is 9.54. The summed E-state index contributed by atoms with van der Waals surface area (Å²) in [5.41, 5.74) is 0. The van der Waals surface area contributed by atoms with Gasteiger partial charge in [0.2, 0.25) is 0 Å². The van der Waals surface area contributed by atoms with Crippen LogP contribution in [-0.2, 0) is 4.79 Å². The maximum atomic E-state index is 12.0. The molecule has 6 heteroatoms. The molecule has 0 radical (unpaired) electrons. The molecule has 1 aliphatic heterocycles. The van der Waals surface area contributed by atoms with E-state index in [1.807, 2.05) is 6.92 Å². The summed E-state index contributed by atoms with van der Waals surface area (Å²) >= 11 is 0. The highest BCUT2D eigenvalue weighted by atomic mass is 16.4. The fourth-order valence-corrected chi connectivity index (χ4v) is 2.52. The van der Waals surface area contributed by atoms with Crippen molar-refractivity contribution in [1.82, 2.24) is 15.1 Å². The number of likely N-dealkylation sites (tertiary alicyclic amines) is 1. The van der Waals surface area contributed by atoms with E-state index in [2.05, 4.69) is 17.1 Å². The number of nitrogens with zero attached hydrogens (tertiary/aromatic N) is 2. The Morgan fingerprint density at radius 1 is 1.30 bits per heavy atom. The third-order valence-corrected chi connectivity index (χ3v) is 3.67. The second-order valence-corrected chi connectivity index (χ2v) is 5.45. The summed E-state index contributed by atoms with van der Waals surface area (Å²) in [6.07, 6.45) is 4.49. The van der Waals surface area contributed by atoms with Crippen LogP contribution in [0.3, 0.4) is 0 Å². The van der Waals surface area contributed by atoms with Gasteiger partial charge in [0, 0.05) is 19.1 Å². The maximum absolute atomic E-state index is 12.0. The van der Waals surface area contributed by atoms with Crippen LogP contribution in [0.5, 0.6) is 0 Å². The highest BCUT2D eigenvalue weighted by molar-refractivity contribution is 5.80. The summed E-state index contributed by atoms with van der Waals surface area (Å²) in [5.74, 6) is -0.974. The first-order valence-corrected chi connectivity index (χ1v) is 7.53. The molecule has 2 amide bonds. The zero-order chi connectivity index (χ0) is 15.0. The van der Waals surface area contributed by atoms with Crippen molar-refractivity contribution >= 4 is 12.0 Å². The normalized spacial score (nSPS) is 17.5. The molecular weight excluding hydrogens is 258 g/mol. The first kappa shape index (κ1) is 16.8. The minimum absolute atomic E-state index is 0.238. The molecule has 116 valence electrons. The van der Waals surface area contributed by atoms with Crippen molar-refractivity contribution in [3.63, 3.8) is 0 Å². The number of piperidine rings is 1. The lowest BCUT2D eigenvalue weighted by atomic mass is 10.1. The Morgan fingerprint density at radius 2 is 1.95 bits per heavy atom. The average molecular weight is 285 g/mol. The van der Waals surface area contributed by atoms with Gasteiger partial charge >= 0.3 is 12.0 Å². The van der Waals surface area contributed by atoms with Gasteiger partial charge in [-0.15, -0.1) is 0 Å². The Kier molecular flexibility index (Phi) is 7.36. The van der Waals surface area contributed by atoms with Crippen molar-refractivity contribution in [3.05, 3.63) is 0 Å². The van der Waals surface area contributed by atoms with Gasteiger partial charge in [-0.25, -0.2) is 4.79 Å². The van der Waals surface area contributed by atoms with Crippen LogP contribution in [0.25, 0.3) is 0 Å². The summed E-state index contributed by atoms with van der Waals surface area (Å²) < 4.78 is 0. The minimum atomic E-state index is -0.974. The van der Waals surface area contributed by atoms with Gasteiger partial charge in [0.15, 0.2) is 0 Å². The number of urea groups is 1. The molecule has 1 rings (SSSR count). The van der Waals surface area contributed by atoms with Gasteiger partial charge in [0.05, 0.1) is 0 Å². The van der Waals surface area contributed by atoms with E-state index in [0.29, 0.717) is 19.1 Å². The summed E-state index contributed by atoms with van der Waals surface area (Å²) in [7, 11) is 0. The molecule has 0 aromatic carbocycles. The van der Waals surface area contributed by atoms with E-state index >= 15 is 0 Å². The minimum Gasteiger partial charge on any atom is -0.480 e. The van der Waals surface area contributed by atoms with Gasteiger partial charge in [0.25, 0.3) is 0 Å². The quantitative estimate of drug-likeness (QED) is 0.741. The van der Waals surface area contributed by atoms with E-state index in [1.165, 1.54) is 24.2 Å². The van der Waals surface area contributed by atoms with Gasteiger partial charge in [0.1, 0.15) is 6.54 Å². The maximum Gasteiger partial charge on any atom is 0.323 e. The number of hydrogen-bond acceptors (Lipinski definition) is 3. The molecule has 0 saturated carbocycles. The lowest BCUT2D eigenvalue weighted by molar-refractivity contribution is -0.137. The van der Waals surface area contributed by atoms with Crippen LogP contribution in [0.15, 0.2) is 0 Å². The van der Waals surface area contributed by atoms with E-state index < -0.39 is 5.97 Å². The Hall–Kier alpha value is -1.30. The molecule has 1 unspecified atom stereocenters. The molecule has 2 N–H and O–H groups in total. The van der Waals surface area contributed by atoms with Crippen LogP contribution in [0.2, 0.25) is 0 Å². The van der Waals surface area contributed by atoms with Gasteiger partial charge in [-0.2, -0.15) is 0 Å². The van der Waals surface area contributed by atoms with E-state index in [9.17, 15) is 9.59 Å². The predicted octanol–water partition coefficient (Wildman–Crippen LogP) is 1.37. The Morgan fingerprint density at radius 3 is 2.50 bits per heavy atom. The summed E-state index contributed by atoms with van der Waals surface area (Å²) in [5, 5.41) is 11.7. The third-order valence-electron chi connectivity index (χ3n) is 3.67. The lowest BCUT2D eigenvalue weighted by Gasteiger charge is -2.33. The van der Waals surface area contributed by atoms with E-state index in [1.54, 1.807) is 0 Å². The average Bonchev–Trinajstić information content (AvgIpc) is 2.44. The molecule has 1 saturated heterocycles. The summed E-state index contributed by atoms with van der Waals surface area (Å²) in [4.78, 5) is 26.5. The van der Waals surface area contributed by atoms with Gasteiger partial charge in [-0.05, 0) is 39.3 Å². The molecule has 1 atom stereocenters. The number of carbonyl (C=O) groups excluding carboxylic acids is 1. The molecule has 0 aromatic rings. The van der Waals surface area contributed by atoms with Crippen LogP contribution >= 0.6 is 0 Å². The van der Waals surface area contributed by atoms with Crippen molar-refractivity contribution in [2.75, 3.05) is 32.7 Å². The number of rotatable bonds is 7. The molecule has 6 nitrogen and oxygen atoms in total. The fraction of sp³-hybridized carbons (Fsp3) is 0.857. The number of carbonyl (C=O) groups is 2. The van der Waals surface area contributed by atoms with E-state index in [-0.39, 0.29) is 12.6 Å². The molecule has 0 aliphatic carbocycles. The SMILES string of the molecule is CCCN(CC(=O)O)C(=O)NCC(C)N1CCCCC1. The van der Waals surface area contributed by atoms with Gasteiger partial charge in [-0.3, -0.25) is 9.69 Å². The molecule has 1 heterocycles. The number of hydrogen-bond donors (Lipinski definition) is 2. The highest BCUT2D eigenvalue weighted by Gasteiger charge is 2.19. The standard InChI is InChI=1S/C14H27N3O3/c1-3-7-17(11-13(18)19)14(20)15-10-12(2)16-8-5-4-6-9-16/h12H,3-11H2,1-2H3,(H,15,20)(H,18,19). The van der Waals surface area contributed by atoms with Crippen molar-refractivity contribution in [3.8, 4) is 0 Å². The van der Waals surface area contributed by atoms with Crippen LogP contribution < -0.4 is 5.32 Å². The number of amides is 2. The number of carboxylic acid groups (broad SMARTS) is 1. The second-order valence-electron chi connectivity index (χ2n) is 5.45. The van der Waals surface area contributed by atoms with Crippen LogP contribution in [0.4, 0.5) is 4.79 Å². The third kappa shape index (κ3) is 5.77. The van der Waals surface area contributed by atoms with Crippen molar-refractivity contribution < 1.29 is 14.7 Å². The predicted molar refractivity (Wildman–Crippen MR) is 77.8 cm³/mol. The van der Waals surface area contributed by atoms with Crippen molar-refractivity contribution in [1.29, 1.82) is 0 Å². The van der Waals surface area contributed by atoms with Crippen molar-refractivity contribution in [2.24, 2.45) is 0 Å². The summed E-state index contributed by atoms with van der Waals surface area (Å²) in [6.45, 7) is 7.01. The van der Waals surface area contributed by atoms with Gasteiger partial charge in [-0.1, -0.05) is 13.3 Å². The molecule has 1 aliphatic rings.